The Morgan fingerprint density at radius 1 is 1.33 bits per heavy atom. The van der Waals surface area contributed by atoms with Crippen molar-refractivity contribution in [1.29, 1.82) is 0 Å². The second-order valence-electron chi connectivity index (χ2n) is 5.14. The van der Waals surface area contributed by atoms with E-state index in [0.29, 0.717) is 11.8 Å². The minimum absolute atomic E-state index is 0. The van der Waals surface area contributed by atoms with Crippen LogP contribution in [0.25, 0.3) is 10.9 Å². The predicted octanol–water partition coefficient (Wildman–Crippen LogP) is 2.71. The highest BCUT2D eigenvalue weighted by Crippen LogP contribution is 2.33. The van der Waals surface area contributed by atoms with E-state index >= 15 is 0 Å². The summed E-state index contributed by atoms with van der Waals surface area (Å²) in [7, 11) is 4.28. The van der Waals surface area contributed by atoms with Gasteiger partial charge in [0.15, 0.2) is 0 Å². The van der Waals surface area contributed by atoms with E-state index in [-0.39, 0.29) is 12.4 Å². The third-order valence-electron chi connectivity index (χ3n) is 3.91. The lowest BCUT2D eigenvalue weighted by molar-refractivity contribution is 0.268. The average molecular weight is 267 g/mol. The van der Waals surface area contributed by atoms with Crippen molar-refractivity contribution in [3.8, 4) is 5.75 Å². The van der Waals surface area contributed by atoms with Crippen molar-refractivity contribution < 1.29 is 5.11 Å². The highest BCUT2D eigenvalue weighted by Gasteiger charge is 2.24. The van der Waals surface area contributed by atoms with Crippen LogP contribution in [0.5, 0.6) is 5.75 Å². The van der Waals surface area contributed by atoms with Gasteiger partial charge in [0.2, 0.25) is 0 Å². The van der Waals surface area contributed by atoms with E-state index in [9.17, 15) is 5.11 Å². The van der Waals surface area contributed by atoms with Gasteiger partial charge in [-0.05, 0) is 45.0 Å². The van der Waals surface area contributed by atoms with E-state index < -0.39 is 0 Å². The van der Waals surface area contributed by atoms with Crippen molar-refractivity contribution in [2.45, 2.75) is 25.3 Å². The number of nitrogens with zero attached hydrogens (tertiary/aromatic N) is 1. The summed E-state index contributed by atoms with van der Waals surface area (Å²) < 4.78 is 0. The van der Waals surface area contributed by atoms with E-state index in [4.69, 9.17) is 0 Å². The number of phenolic OH excluding ortho intramolecular Hbond substituents is 1. The zero-order valence-electron chi connectivity index (χ0n) is 10.7. The molecule has 1 aliphatic rings. The molecule has 1 atom stereocenters. The van der Waals surface area contributed by atoms with Crippen molar-refractivity contribution in [1.82, 2.24) is 9.88 Å². The predicted molar refractivity (Wildman–Crippen MR) is 76.7 cm³/mol. The quantitative estimate of drug-likeness (QED) is 0.833. The van der Waals surface area contributed by atoms with Gasteiger partial charge in [0.25, 0.3) is 0 Å². The summed E-state index contributed by atoms with van der Waals surface area (Å²) in [5.41, 5.74) is 3.59. The lowest BCUT2D eigenvalue weighted by atomic mass is 9.91. The zero-order valence-corrected chi connectivity index (χ0v) is 11.5. The largest absolute Gasteiger partial charge is 0.506 e. The number of fused-ring (bicyclic) bond motifs is 3. The van der Waals surface area contributed by atoms with E-state index in [1.807, 2.05) is 6.07 Å². The van der Waals surface area contributed by atoms with Crippen LogP contribution in [0, 0.1) is 0 Å². The van der Waals surface area contributed by atoms with Gasteiger partial charge in [0.05, 0.1) is 5.52 Å². The Morgan fingerprint density at radius 3 is 2.83 bits per heavy atom. The van der Waals surface area contributed by atoms with Crippen LogP contribution in [-0.4, -0.2) is 35.1 Å². The van der Waals surface area contributed by atoms with Gasteiger partial charge in [-0.1, -0.05) is 12.1 Å². The average Bonchev–Trinajstić information content (AvgIpc) is 2.68. The first-order valence-corrected chi connectivity index (χ1v) is 6.14. The minimum Gasteiger partial charge on any atom is -0.506 e. The highest BCUT2D eigenvalue weighted by molar-refractivity contribution is 5.89. The third kappa shape index (κ3) is 1.98. The fourth-order valence-corrected chi connectivity index (χ4v) is 2.85. The lowest BCUT2D eigenvalue weighted by Gasteiger charge is -2.28. The maximum atomic E-state index is 9.85. The molecule has 0 spiro atoms. The molecule has 1 aliphatic carbocycles. The molecule has 18 heavy (non-hydrogen) atoms. The van der Waals surface area contributed by atoms with Crippen molar-refractivity contribution in [2.24, 2.45) is 0 Å². The van der Waals surface area contributed by atoms with Gasteiger partial charge < -0.3 is 15.0 Å². The molecule has 1 heterocycles. The van der Waals surface area contributed by atoms with Crippen molar-refractivity contribution in [2.75, 3.05) is 14.1 Å². The number of phenols is 1. The van der Waals surface area contributed by atoms with E-state index in [2.05, 4.69) is 30.0 Å². The minimum atomic E-state index is 0. The number of para-hydroxylation sites is 1. The number of H-pyrrole nitrogens is 1. The summed E-state index contributed by atoms with van der Waals surface area (Å²) in [4.78, 5) is 5.67. The number of hydrogen-bond donors (Lipinski definition) is 2. The first-order chi connectivity index (χ1) is 8.16. The Kier molecular flexibility index (Phi) is 3.55. The van der Waals surface area contributed by atoms with Gasteiger partial charge in [-0.2, -0.15) is 0 Å². The first-order valence-electron chi connectivity index (χ1n) is 6.14. The third-order valence-corrected chi connectivity index (χ3v) is 3.91. The van der Waals surface area contributed by atoms with Gasteiger partial charge in [0, 0.05) is 17.1 Å². The molecule has 3 rings (SSSR count). The Hall–Kier alpha value is -1.19. The number of nitrogens with one attached hydrogen (secondary N) is 1. The summed E-state index contributed by atoms with van der Waals surface area (Å²) in [5.74, 6) is 0.360. The van der Waals surface area contributed by atoms with Gasteiger partial charge in [-0.25, -0.2) is 0 Å². The molecule has 0 bridgehead atoms. The number of aromatic amines is 1. The number of likely N-dealkylation sites (N-methyl/N-ethyl adjacent to an activating group) is 1. The summed E-state index contributed by atoms with van der Waals surface area (Å²) in [5, 5.41) is 11.0. The van der Waals surface area contributed by atoms with E-state index in [0.717, 1.165) is 18.4 Å². The standard InChI is InChI=1S/C14H18N2O.ClH/c1-16(2)9-6-7-12-11(8-9)10-4-3-5-13(17)14(10)15-12;/h3-5,9,15,17H,6-8H2,1-2H3;1H. The molecule has 0 saturated carbocycles. The summed E-state index contributed by atoms with van der Waals surface area (Å²) in [6, 6.07) is 6.38. The summed E-state index contributed by atoms with van der Waals surface area (Å²) >= 11 is 0. The maximum absolute atomic E-state index is 9.85. The van der Waals surface area contributed by atoms with Crippen LogP contribution in [0.15, 0.2) is 18.2 Å². The first kappa shape index (κ1) is 13.2. The van der Waals surface area contributed by atoms with Crippen molar-refractivity contribution >= 4 is 23.3 Å². The molecule has 1 aromatic carbocycles. The van der Waals surface area contributed by atoms with Crippen LogP contribution in [0.4, 0.5) is 0 Å². The van der Waals surface area contributed by atoms with Crippen molar-refractivity contribution in [3.63, 3.8) is 0 Å². The number of rotatable bonds is 1. The molecule has 1 unspecified atom stereocenters. The number of hydrogen-bond acceptors (Lipinski definition) is 2. The summed E-state index contributed by atoms with van der Waals surface area (Å²) in [6.07, 6.45) is 3.34. The number of aryl methyl sites for hydroxylation is 1. The molecule has 98 valence electrons. The number of halogens is 1. The zero-order chi connectivity index (χ0) is 12.0. The van der Waals surface area contributed by atoms with Gasteiger partial charge in [-0.15, -0.1) is 12.4 Å². The summed E-state index contributed by atoms with van der Waals surface area (Å²) in [6.45, 7) is 0. The molecule has 0 aliphatic heterocycles. The molecule has 0 radical (unpaired) electrons. The second kappa shape index (κ2) is 4.82. The molecular weight excluding hydrogens is 248 g/mol. The van der Waals surface area contributed by atoms with Crippen LogP contribution < -0.4 is 0 Å². The maximum Gasteiger partial charge on any atom is 0.139 e. The fourth-order valence-electron chi connectivity index (χ4n) is 2.85. The topological polar surface area (TPSA) is 39.3 Å². The molecule has 1 aromatic heterocycles. The molecule has 0 fully saturated rings. The Labute approximate surface area is 113 Å². The Bertz CT molecular complexity index is 562. The molecule has 2 aromatic rings. The van der Waals surface area contributed by atoms with Crippen LogP contribution >= 0.6 is 12.4 Å². The molecule has 0 saturated heterocycles. The van der Waals surface area contributed by atoms with Crippen LogP contribution in [-0.2, 0) is 12.8 Å². The number of aromatic hydroxyl groups is 1. The van der Waals surface area contributed by atoms with Crippen molar-refractivity contribution in [3.05, 3.63) is 29.5 Å². The van der Waals surface area contributed by atoms with Crippen LogP contribution in [0.3, 0.4) is 0 Å². The fraction of sp³-hybridized carbons (Fsp3) is 0.429. The van der Waals surface area contributed by atoms with E-state index in [1.54, 1.807) is 6.07 Å². The van der Waals surface area contributed by atoms with Crippen LogP contribution in [0.2, 0.25) is 0 Å². The lowest BCUT2D eigenvalue weighted by Crippen LogP contribution is -2.33. The van der Waals surface area contributed by atoms with Crippen LogP contribution in [0.1, 0.15) is 17.7 Å². The monoisotopic (exact) mass is 266 g/mol. The number of benzene rings is 1. The highest BCUT2D eigenvalue weighted by atomic mass is 35.5. The van der Waals surface area contributed by atoms with E-state index in [1.165, 1.54) is 23.1 Å². The smallest absolute Gasteiger partial charge is 0.139 e. The molecule has 3 nitrogen and oxygen atoms in total. The van der Waals surface area contributed by atoms with Gasteiger partial charge in [0.1, 0.15) is 5.75 Å². The Balaban J connectivity index is 0.00000120. The molecule has 2 N–H and O–H groups in total. The van der Waals surface area contributed by atoms with Gasteiger partial charge in [-0.3, -0.25) is 0 Å². The molecular formula is C14H19ClN2O. The normalized spacial score (nSPS) is 18.7. The molecule has 4 heteroatoms. The van der Waals surface area contributed by atoms with Gasteiger partial charge >= 0.3 is 0 Å². The molecule has 0 amide bonds. The Morgan fingerprint density at radius 2 is 2.11 bits per heavy atom. The SMILES string of the molecule is CN(C)C1CCc2[nH]c3c(O)cccc3c2C1.Cl. The number of aromatic nitrogens is 1. The second-order valence-corrected chi connectivity index (χ2v) is 5.14.